The molecule has 0 radical (unpaired) electrons. The number of pyridine rings is 1. The molecule has 0 spiro atoms. The van der Waals surface area contributed by atoms with Crippen molar-refractivity contribution in [3.05, 3.63) is 81.3 Å². The molecule has 0 bridgehead atoms. The molecule has 164 valence electrons. The summed E-state index contributed by atoms with van der Waals surface area (Å²) in [6, 6.07) is 11.0. The number of hydrogen-bond acceptors (Lipinski definition) is 4. The molecule has 4 aromatic rings. The fraction of sp³-hybridized carbons (Fsp3) is 0.0476. The van der Waals surface area contributed by atoms with Gasteiger partial charge < -0.3 is 0 Å². The molecule has 0 saturated heterocycles. The highest BCUT2D eigenvalue weighted by Gasteiger charge is 2.21. The molecule has 2 aromatic heterocycles. The van der Waals surface area contributed by atoms with Crippen LogP contribution in [0.25, 0.3) is 27.8 Å². The summed E-state index contributed by atoms with van der Waals surface area (Å²) in [4.78, 5) is 16.5. The van der Waals surface area contributed by atoms with E-state index in [0.29, 0.717) is 21.1 Å². The number of amides is 1. The fourth-order valence-corrected chi connectivity index (χ4v) is 4.23. The van der Waals surface area contributed by atoms with E-state index in [9.17, 15) is 17.6 Å². The lowest BCUT2D eigenvalue weighted by Gasteiger charge is -2.11. The second kappa shape index (κ2) is 8.37. The number of nitrogens with one attached hydrogen (secondary N) is 1. The summed E-state index contributed by atoms with van der Waals surface area (Å²) in [6.45, 7) is 0. The maximum Gasteiger partial charge on any atom is 0.267 e. The van der Waals surface area contributed by atoms with E-state index >= 15 is 0 Å². The monoisotopic (exact) mass is 511 g/mol. The molecule has 2 heterocycles. The van der Waals surface area contributed by atoms with Crippen molar-refractivity contribution in [2.75, 3.05) is 6.26 Å². The molecule has 0 aliphatic carbocycles. The molecule has 6 nitrogen and oxygen atoms in total. The van der Waals surface area contributed by atoms with Crippen LogP contribution in [0.4, 0.5) is 4.39 Å². The maximum atomic E-state index is 14.8. The molecule has 0 fully saturated rings. The summed E-state index contributed by atoms with van der Waals surface area (Å²) >= 11 is 18.5. The third kappa shape index (κ3) is 4.45. The average molecular weight is 513 g/mol. The van der Waals surface area contributed by atoms with Gasteiger partial charge in [-0.3, -0.25) is 9.36 Å². The predicted molar refractivity (Wildman–Crippen MR) is 124 cm³/mol. The second-order valence-corrected chi connectivity index (χ2v) is 9.96. The SMILES string of the molecule is CS(=O)(=O)NC(=O)c1cc(Cl)c(-n2cc(-c3ccc(Cl)cc3)c3cc(Cl)cnc32)cc1F. The van der Waals surface area contributed by atoms with Gasteiger partial charge in [-0.15, -0.1) is 0 Å². The van der Waals surface area contributed by atoms with E-state index in [4.69, 9.17) is 34.8 Å². The number of carbonyl (C=O) groups is 1. The lowest BCUT2D eigenvalue weighted by Crippen LogP contribution is -2.30. The van der Waals surface area contributed by atoms with Crippen LogP contribution in [0.15, 0.2) is 54.9 Å². The first-order valence-electron chi connectivity index (χ1n) is 8.97. The number of nitrogens with zero attached hydrogens (tertiary/aromatic N) is 2. The molecular weight excluding hydrogens is 500 g/mol. The van der Waals surface area contributed by atoms with Crippen molar-refractivity contribution < 1.29 is 17.6 Å². The van der Waals surface area contributed by atoms with Crippen LogP contribution >= 0.6 is 34.8 Å². The molecular formula is C21H13Cl3FN3O3S. The summed E-state index contributed by atoms with van der Waals surface area (Å²) in [6.07, 6.45) is 3.96. The number of carbonyl (C=O) groups excluding carboxylic acids is 1. The zero-order chi connectivity index (χ0) is 23.2. The molecule has 0 aliphatic heterocycles. The molecule has 0 unspecified atom stereocenters. The van der Waals surface area contributed by atoms with Gasteiger partial charge in [-0.05, 0) is 29.8 Å². The van der Waals surface area contributed by atoms with Gasteiger partial charge in [0.2, 0.25) is 10.0 Å². The van der Waals surface area contributed by atoms with Crippen molar-refractivity contribution in [2.24, 2.45) is 0 Å². The van der Waals surface area contributed by atoms with E-state index in [1.807, 2.05) is 12.1 Å². The van der Waals surface area contributed by atoms with Crippen LogP contribution in [-0.2, 0) is 10.0 Å². The smallest absolute Gasteiger partial charge is 0.267 e. The van der Waals surface area contributed by atoms with E-state index in [0.717, 1.165) is 29.5 Å². The molecule has 2 aromatic carbocycles. The van der Waals surface area contributed by atoms with Crippen molar-refractivity contribution in [3.63, 3.8) is 0 Å². The molecule has 32 heavy (non-hydrogen) atoms. The first-order valence-corrected chi connectivity index (χ1v) is 12.0. The Morgan fingerprint density at radius 3 is 2.41 bits per heavy atom. The maximum absolute atomic E-state index is 14.8. The van der Waals surface area contributed by atoms with E-state index in [1.165, 1.54) is 6.20 Å². The van der Waals surface area contributed by atoms with E-state index < -0.39 is 27.3 Å². The minimum atomic E-state index is -3.87. The fourth-order valence-electron chi connectivity index (χ4n) is 3.24. The van der Waals surface area contributed by atoms with Gasteiger partial charge in [0.15, 0.2) is 0 Å². The Morgan fingerprint density at radius 1 is 1.06 bits per heavy atom. The number of aromatic nitrogens is 2. The van der Waals surface area contributed by atoms with Gasteiger partial charge in [-0.2, -0.15) is 0 Å². The Bertz CT molecular complexity index is 1490. The number of sulfonamides is 1. The number of halogens is 4. The average Bonchev–Trinajstić information content (AvgIpc) is 3.07. The molecule has 4 rings (SSSR count). The number of rotatable bonds is 4. The summed E-state index contributed by atoms with van der Waals surface area (Å²) < 4.78 is 40.7. The summed E-state index contributed by atoms with van der Waals surface area (Å²) in [5.41, 5.74) is 1.73. The third-order valence-corrected chi connectivity index (χ3v) is 5.90. The first kappa shape index (κ1) is 22.5. The predicted octanol–water partition coefficient (Wildman–Crippen LogP) is 5.48. The van der Waals surface area contributed by atoms with Gasteiger partial charge in [0.05, 0.1) is 27.6 Å². The summed E-state index contributed by atoms with van der Waals surface area (Å²) in [5, 5.41) is 1.69. The first-order chi connectivity index (χ1) is 15.0. The van der Waals surface area contributed by atoms with Crippen molar-refractivity contribution in [2.45, 2.75) is 0 Å². The number of hydrogen-bond donors (Lipinski definition) is 1. The minimum Gasteiger partial charge on any atom is -0.299 e. The van der Waals surface area contributed by atoms with Gasteiger partial charge in [-0.1, -0.05) is 46.9 Å². The molecule has 0 saturated carbocycles. The van der Waals surface area contributed by atoms with Crippen LogP contribution in [0.1, 0.15) is 10.4 Å². The Hall–Kier alpha value is -2.65. The Labute approximate surface area is 197 Å². The highest BCUT2D eigenvalue weighted by atomic mass is 35.5. The van der Waals surface area contributed by atoms with Gasteiger partial charge in [0.1, 0.15) is 11.5 Å². The van der Waals surface area contributed by atoms with E-state index in [1.54, 1.807) is 33.7 Å². The second-order valence-electron chi connectivity index (χ2n) is 6.93. The van der Waals surface area contributed by atoms with Crippen molar-refractivity contribution in [1.82, 2.24) is 14.3 Å². The third-order valence-electron chi connectivity index (χ3n) is 4.58. The number of fused-ring (bicyclic) bond motifs is 1. The molecule has 0 atom stereocenters. The van der Waals surface area contributed by atoms with Crippen LogP contribution in [0, 0.1) is 5.82 Å². The van der Waals surface area contributed by atoms with Crippen LogP contribution < -0.4 is 4.72 Å². The van der Waals surface area contributed by atoms with Gasteiger partial charge >= 0.3 is 0 Å². The summed E-state index contributed by atoms with van der Waals surface area (Å²) in [5.74, 6) is -2.07. The highest BCUT2D eigenvalue weighted by Crippen LogP contribution is 2.36. The molecule has 1 N–H and O–H groups in total. The van der Waals surface area contributed by atoms with E-state index in [2.05, 4.69) is 4.98 Å². The minimum absolute atomic E-state index is 0.0151. The van der Waals surface area contributed by atoms with Crippen molar-refractivity contribution in [1.29, 1.82) is 0 Å². The standard InChI is InChI=1S/C21H13Cl3FN3O3S/c1-32(30,31)27-21(29)15-7-17(24)19(8-18(15)25)28-10-16(11-2-4-12(22)5-3-11)14-6-13(23)9-26-20(14)28/h2-10H,1H3,(H,27,29). The van der Waals surface area contributed by atoms with Crippen LogP contribution in [0.5, 0.6) is 0 Å². The normalized spacial score (nSPS) is 11.7. The van der Waals surface area contributed by atoms with Gasteiger partial charge in [-0.25, -0.2) is 22.5 Å². The lowest BCUT2D eigenvalue weighted by atomic mass is 10.1. The van der Waals surface area contributed by atoms with Crippen LogP contribution in [0.2, 0.25) is 15.1 Å². The van der Waals surface area contributed by atoms with Gasteiger partial charge in [0.25, 0.3) is 5.91 Å². The van der Waals surface area contributed by atoms with Crippen LogP contribution in [0.3, 0.4) is 0 Å². The van der Waals surface area contributed by atoms with Crippen LogP contribution in [-0.4, -0.2) is 30.1 Å². The Kier molecular flexibility index (Phi) is 5.89. The lowest BCUT2D eigenvalue weighted by molar-refractivity contribution is 0.0978. The van der Waals surface area contributed by atoms with Crippen molar-refractivity contribution >= 4 is 61.8 Å². The summed E-state index contributed by atoms with van der Waals surface area (Å²) in [7, 11) is -3.87. The quantitative estimate of drug-likeness (QED) is 0.392. The largest absolute Gasteiger partial charge is 0.299 e. The molecule has 1 amide bonds. The Morgan fingerprint density at radius 2 is 1.75 bits per heavy atom. The van der Waals surface area contributed by atoms with Crippen molar-refractivity contribution in [3.8, 4) is 16.8 Å². The molecule has 0 aliphatic rings. The topological polar surface area (TPSA) is 81.1 Å². The van der Waals surface area contributed by atoms with Gasteiger partial charge in [0, 0.05) is 34.4 Å². The Balaban J connectivity index is 1.90. The zero-order valence-corrected chi connectivity index (χ0v) is 19.3. The molecule has 11 heteroatoms. The zero-order valence-electron chi connectivity index (χ0n) is 16.2. The number of benzene rings is 2. The van der Waals surface area contributed by atoms with E-state index in [-0.39, 0.29) is 10.7 Å². The highest BCUT2D eigenvalue weighted by molar-refractivity contribution is 7.89.